The van der Waals surface area contributed by atoms with Crippen LogP contribution in [-0.4, -0.2) is 13.4 Å². The minimum absolute atomic E-state index is 0.692. The van der Waals surface area contributed by atoms with Crippen LogP contribution in [0.5, 0.6) is 5.75 Å². The molecule has 0 radical (unpaired) electrons. The topological polar surface area (TPSA) is 36.2 Å². The summed E-state index contributed by atoms with van der Waals surface area (Å²) in [5, 5.41) is 13.7. The highest BCUT2D eigenvalue weighted by Gasteiger charge is 2.15. The van der Waals surface area contributed by atoms with Crippen LogP contribution in [0.25, 0.3) is 11.3 Å². The molecule has 0 saturated carbocycles. The largest absolute Gasteiger partial charge is 0.617 e. The van der Waals surface area contributed by atoms with Crippen molar-refractivity contribution in [2.75, 3.05) is 13.4 Å². The quantitative estimate of drug-likeness (QED) is 0.479. The average molecular weight is 253 g/mol. The zero-order chi connectivity index (χ0) is 11.5. The summed E-state index contributed by atoms with van der Waals surface area (Å²) in [6.07, 6.45) is 1.90. The second-order valence-electron chi connectivity index (χ2n) is 3.11. The van der Waals surface area contributed by atoms with E-state index in [1.165, 1.54) is 23.1 Å². The van der Waals surface area contributed by atoms with Crippen LogP contribution in [0.1, 0.15) is 0 Å². The van der Waals surface area contributed by atoms with E-state index < -0.39 is 0 Å². The van der Waals surface area contributed by atoms with Gasteiger partial charge in [-0.1, -0.05) is 11.3 Å². The van der Waals surface area contributed by atoms with Gasteiger partial charge in [-0.2, -0.15) is 0 Å². The van der Waals surface area contributed by atoms with E-state index in [0.29, 0.717) is 5.69 Å². The summed E-state index contributed by atoms with van der Waals surface area (Å²) in [4.78, 5) is 0. The maximum absolute atomic E-state index is 11.8. The van der Waals surface area contributed by atoms with Gasteiger partial charge in [-0.25, -0.2) is 0 Å². The number of aromatic nitrogens is 1. The predicted molar refractivity (Wildman–Crippen MR) is 67.0 cm³/mol. The van der Waals surface area contributed by atoms with Crippen molar-refractivity contribution in [3.05, 3.63) is 34.9 Å². The average Bonchev–Trinajstić information content (AvgIpc) is 2.70. The Labute approximate surface area is 102 Å². The Hall–Kier alpha value is -1.20. The monoisotopic (exact) mass is 253 g/mol. The molecule has 0 saturated heterocycles. The highest BCUT2D eigenvalue weighted by Crippen LogP contribution is 2.25. The Morgan fingerprint density at radius 3 is 2.50 bits per heavy atom. The van der Waals surface area contributed by atoms with Crippen molar-refractivity contribution in [3.8, 4) is 17.0 Å². The third-order valence-electron chi connectivity index (χ3n) is 2.22. The van der Waals surface area contributed by atoms with Crippen LogP contribution in [0.15, 0.2) is 34.0 Å². The molecule has 2 aromatic rings. The molecule has 84 valence electrons. The van der Waals surface area contributed by atoms with Crippen molar-refractivity contribution in [2.45, 2.75) is 4.34 Å². The molecule has 0 aliphatic carbocycles. The number of rotatable bonds is 3. The Morgan fingerprint density at radius 2 is 2.00 bits per heavy atom. The Balaban J connectivity index is 2.38. The molecule has 2 rings (SSSR count). The number of hydrogen-bond acceptors (Lipinski definition) is 4. The summed E-state index contributed by atoms with van der Waals surface area (Å²) >= 11 is 2.93. The van der Waals surface area contributed by atoms with E-state index in [1.54, 1.807) is 7.11 Å². The first-order valence-corrected chi connectivity index (χ1v) is 6.76. The Bertz CT molecular complexity index is 479. The summed E-state index contributed by atoms with van der Waals surface area (Å²) in [7, 11) is 1.62. The van der Waals surface area contributed by atoms with Crippen molar-refractivity contribution in [2.24, 2.45) is 0 Å². The smallest absolute Gasteiger partial charge is 0.308 e. The molecule has 0 bridgehead atoms. The van der Waals surface area contributed by atoms with Crippen molar-refractivity contribution < 1.29 is 9.47 Å². The first-order chi connectivity index (χ1) is 7.76. The normalized spacial score (nSPS) is 10.4. The minimum Gasteiger partial charge on any atom is -0.617 e. The zero-order valence-corrected chi connectivity index (χ0v) is 10.6. The molecule has 0 amide bonds. The van der Waals surface area contributed by atoms with Crippen LogP contribution in [0, 0.1) is 5.21 Å². The van der Waals surface area contributed by atoms with Gasteiger partial charge < -0.3 is 9.94 Å². The Morgan fingerprint density at radius 1 is 1.31 bits per heavy atom. The fourth-order valence-corrected chi connectivity index (χ4v) is 2.81. The second kappa shape index (κ2) is 4.76. The minimum atomic E-state index is 0.692. The van der Waals surface area contributed by atoms with E-state index in [1.807, 2.05) is 35.9 Å². The fourth-order valence-electron chi connectivity index (χ4n) is 1.38. The molecule has 0 atom stereocenters. The van der Waals surface area contributed by atoms with E-state index >= 15 is 0 Å². The number of nitrogens with zero attached hydrogens (tertiary/aromatic N) is 1. The number of benzene rings is 1. The van der Waals surface area contributed by atoms with Gasteiger partial charge in [-0.05, 0) is 42.3 Å². The van der Waals surface area contributed by atoms with Crippen LogP contribution in [0.2, 0.25) is 0 Å². The third kappa shape index (κ3) is 2.01. The van der Waals surface area contributed by atoms with Gasteiger partial charge in [0, 0.05) is 5.56 Å². The number of hydrogen-bond donors (Lipinski definition) is 0. The molecule has 0 unspecified atom stereocenters. The van der Waals surface area contributed by atoms with Gasteiger partial charge in [-0.3, -0.25) is 0 Å². The van der Waals surface area contributed by atoms with Crippen molar-refractivity contribution in [1.29, 1.82) is 0 Å². The number of ether oxygens (including phenoxy) is 1. The van der Waals surface area contributed by atoms with Gasteiger partial charge in [0.25, 0.3) is 0 Å². The van der Waals surface area contributed by atoms with Gasteiger partial charge in [0.1, 0.15) is 5.75 Å². The standard InChI is InChI=1S/C11H11NO2S2/c1-14-9-5-3-8(4-6-9)10-7-16-11(15-2)12(10)13/h3-7H,1-2H3. The predicted octanol–water partition coefficient (Wildman–Crippen LogP) is 2.78. The second-order valence-corrected chi connectivity index (χ2v) is 5.03. The molecular weight excluding hydrogens is 242 g/mol. The number of methoxy groups -OCH3 is 1. The lowest BCUT2D eigenvalue weighted by molar-refractivity contribution is -0.626. The molecule has 0 aliphatic rings. The SMILES string of the molecule is COc1ccc(-c2csc(SC)[n+]2[O-])cc1. The van der Waals surface area contributed by atoms with Crippen LogP contribution >= 0.6 is 23.1 Å². The number of thiazole rings is 1. The molecule has 1 heterocycles. The van der Waals surface area contributed by atoms with Gasteiger partial charge >= 0.3 is 4.34 Å². The van der Waals surface area contributed by atoms with Crippen molar-refractivity contribution in [3.63, 3.8) is 0 Å². The lowest BCUT2D eigenvalue weighted by atomic mass is 10.2. The van der Waals surface area contributed by atoms with Crippen molar-refractivity contribution in [1.82, 2.24) is 0 Å². The molecular formula is C11H11NO2S2. The zero-order valence-electron chi connectivity index (χ0n) is 8.97. The summed E-state index contributed by atoms with van der Waals surface area (Å²) in [5.74, 6) is 0.793. The number of thioether (sulfide) groups is 1. The van der Waals surface area contributed by atoms with Gasteiger partial charge in [-0.15, -0.1) is 4.73 Å². The first-order valence-electron chi connectivity index (χ1n) is 4.65. The highest BCUT2D eigenvalue weighted by molar-refractivity contribution is 8.00. The first kappa shape index (κ1) is 11.3. The van der Waals surface area contributed by atoms with Gasteiger partial charge in [0.2, 0.25) is 5.69 Å². The van der Waals surface area contributed by atoms with E-state index in [4.69, 9.17) is 4.74 Å². The molecule has 16 heavy (non-hydrogen) atoms. The van der Waals surface area contributed by atoms with E-state index in [9.17, 15) is 5.21 Å². The lowest BCUT2D eigenvalue weighted by Gasteiger charge is -2.02. The molecule has 3 nitrogen and oxygen atoms in total. The van der Waals surface area contributed by atoms with Crippen LogP contribution < -0.4 is 9.47 Å². The summed E-state index contributed by atoms with van der Waals surface area (Å²) in [6, 6.07) is 7.48. The molecule has 0 aliphatic heterocycles. The van der Waals surface area contributed by atoms with E-state index in [2.05, 4.69) is 0 Å². The Kier molecular flexibility index (Phi) is 3.36. The highest BCUT2D eigenvalue weighted by atomic mass is 32.2. The molecule has 1 aromatic carbocycles. The fraction of sp³-hybridized carbons (Fsp3) is 0.182. The molecule has 1 aromatic heterocycles. The van der Waals surface area contributed by atoms with Gasteiger partial charge in [0.15, 0.2) is 0 Å². The van der Waals surface area contributed by atoms with Crippen LogP contribution in [0.3, 0.4) is 0 Å². The van der Waals surface area contributed by atoms with Crippen LogP contribution in [-0.2, 0) is 0 Å². The molecule has 5 heteroatoms. The molecule has 0 fully saturated rings. The maximum Gasteiger partial charge on any atom is 0.308 e. The summed E-state index contributed by atoms with van der Waals surface area (Å²) < 4.78 is 6.80. The van der Waals surface area contributed by atoms with Crippen LogP contribution in [0.4, 0.5) is 0 Å². The van der Waals surface area contributed by atoms with E-state index in [0.717, 1.165) is 20.4 Å². The molecule has 0 spiro atoms. The summed E-state index contributed by atoms with van der Waals surface area (Å²) in [6.45, 7) is 0. The van der Waals surface area contributed by atoms with Crippen molar-refractivity contribution >= 4 is 23.1 Å². The van der Waals surface area contributed by atoms with E-state index in [-0.39, 0.29) is 0 Å². The third-order valence-corrected chi connectivity index (χ3v) is 4.23. The maximum atomic E-state index is 11.8. The summed E-state index contributed by atoms with van der Waals surface area (Å²) in [5.41, 5.74) is 1.60. The van der Waals surface area contributed by atoms with Gasteiger partial charge in [0.05, 0.1) is 12.5 Å². The lowest BCUT2D eigenvalue weighted by Crippen LogP contribution is -2.27. The molecule has 0 N–H and O–H groups in total.